The van der Waals surface area contributed by atoms with Crippen LogP contribution < -0.4 is 10.2 Å². The number of nitrogens with one attached hydrogen (secondary N) is 1. The molecule has 1 N–H and O–H groups in total. The molecule has 4 rings (SSSR count). The van der Waals surface area contributed by atoms with Gasteiger partial charge in [-0.1, -0.05) is 35.9 Å². The molecule has 1 saturated carbocycles. The van der Waals surface area contributed by atoms with E-state index in [-0.39, 0.29) is 35.6 Å². The summed E-state index contributed by atoms with van der Waals surface area (Å²) in [5.74, 6) is -1.35. The van der Waals surface area contributed by atoms with Gasteiger partial charge in [-0.25, -0.2) is 9.40 Å². The lowest BCUT2D eigenvalue weighted by Gasteiger charge is -2.23. The summed E-state index contributed by atoms with van der Waals surface area (Å²) in [5, 5.41) is 9.17. The monoisotopic (exact) mass is 462 g/mol. The molecule has 176 valence electrons. The Kier molecular flexibility index (Phi) is 6.58. The first-order valence-corrected chi connectivity index (χ1v) is 11.2. The summed E-state index contributed by atoms with van der Waals surface area (Å²) in [6.07, 6.45) is 1.89. The molecule has 1 aromatic heterocycles. The number of hydrazine groups is 1. The van der Waals surface area contributed by atoms with Gasteiger partial charge >= 0.3 is 0 Å². The second-order valence-electron chi connectivity index (χ2n) is 8.72. The van der Waals surface area contributed by atoms with Crippen molar-refractivity contribution in [2.45, 2.75) is 53.0 Å². The molecule has 0 saturated heterocycles. The highest BCUT2D eigenvalue weighted by molar-refractivity contribution is 5.97. The van der Waals surface area contributed by atoms with E-state index in [9.17, 15) is 14.0 Å². The number of halogens is 1. The first-order valence-electron chi connectivity index (χ1n) is 11.2. The Morgan fingerprint density at radius 1 is 1.12 bits per heavy atom. The molecule has 1 heterocycles. The summed E-state index contributed by atoms with van der Waals surface area (Å²) >= 11 is 0. The van der Waals surface area contributed by atoms with E-state index in [1.807, 2.05) is 32.0 Å². The molecule has 1 aliphatic carbocycles. The summed E-state index contributed by atoms with van der Waals surface area (Å²) in [5.41, 5.74) is 6.79. The van der Waals surface area contributed by atoms with Crippen LogP contribution in [0.5, 0.6) is 11.6 Å². The zero-order chi connectivity index (χ0) is 24.4. The maximum atomic E-state index is 15.0. The second kappa shape index (κ2) is 9.59. The molecular formula is C26H27FN4O3. The van der Waals surface area contributed by atoms with Crippen LogP contribution in [-0.4, -0.2) is 27.0 Å². The van der Waals surface area contributed by atoms with E-state index in [2.05, 4.69) is 15.6 Å². The average Bonchev–Trinajstić information content (AvgIpc) is 3.62. The van der Waals surface area contributed by atoms with Gasteiger partial charge in [0.1, 0.15) is 5.56 Å². The van der Waals surface area contributed by atoms with Crippen molar-refractivity contribution >= 4 is 11.8 Å². The number of ether oxygens (including phenoxy) is 1. The van der Waals surface area contributed by atoms with Crippen molar-refractivity contribution in [1.29, 1.82) is 0 Å². The molecule has 2 aromatic carbocycles. The predicted molar refractivity (Wildman–Crippen MR) is 125 cm³/mol. The van der Waals surface area contributed by atoms with Crippen LogP contribution in [0.25, 0.3) is 0 Å². The lowest BCUT2D eigenvalue weighted by Crippen LogP contribution is -2.44. The first-order chi connectivity index (χ1) is 16.2. The van der Waals surface area contributed by atoms with Crippen LogP contribution >= 0.6 is 0 Å². The fourth-order valence-corrected chi connectivity index (χ4v) is 3.74. The normalized spacial score (nSPS) is 12.9. The smallest absolute Gasteiger partial charge is 0.275 e. The Hall–Kier alpha value is -3.81. The van der Waals surface area contributed by atoms with Crippen molar-refractivity contribution in [3.05, 3.63) is 81.8 Å². The summed E-state index contributed by atoms with van der Waals surface area (Å²) in [6.45, 7) is 7.19. The number of aromatic nitrogens is 2. The molecule has 1 fully saturated rings. The van der Waals surface area contributed by atoms with Crippen molar-refractivity contribution in [2.24, 2.45) is 0 Å². The van der Waals surface area contributed by atoms with Gasteiger partial charge in [-0.3, -0.25) is 15.0 Å². The molecule has 0 aliphatic heterocycles. The van der Waals surface area contributed by atoms with E-state index in [1.165, 1.54) is 24.1 Å². The maximum absolute atomic E-state index is 15.0. The van der Waals surface area contributed by atoms with Crippen LogP contribution in [-0.2, 0) is 11.3 Å². The van der Waals surface area contributed by atoms with E-state index in [4.69, 9.17) is 4.74 Å². The zero-order valence-electron chi connectivity index (χ0n) is 19.7. The van der Waals surface area contributed by atoms with E-state index in [0.29, 0.717) is 11.3 Å². The number of rotatable bonds is 6. The molecule has 0 unspecified atom stereocenters. The number of nitrogens with zero attached hydrogens (tertiary/aromatic N) is 3. The quantitative estimate of drug-likeness (QED) is 0.527. The third-order valence-corrected chi connectivity index (χ3v) is 5.79. The Morgan fingerprint density at radius 3 is 2.56 bits per heavy atom. The van der Waals surface area contributed by atoms with Gasteiger partial charge in [-0.2, -0.15) is 5.10 Å². The molecule has 7 nitrogen and oxygen atoms in total. The lowest BCUT2D eigenvalue weighted by molar-refractivity contribution is -0.131. The molecule has 2 amide bonds. The Balaban J connectivity index is 1.58. The van der Waals surface area contributed by atoms with Crippen LogP contribution in [0.2, 0.25) is 0 Å². The minimum Gasteiger partial charge on any atom is -0.434 e. The predicted octanol–water partition coefficient (Wildman–Crippen LogP) is 4.90. The van der Waals surface area contributed by atoms with E-state index >= 15 is 0 Å². The molecule has 0 spiro atoms. The molecule has 0 atom stereocenters. The molecule has 8 heteroatoms. The van der Waals surface area contributed by atoms with E-state index in [1.54, 1.807) is 19.1 Å². The minimum atomic E-state index is -0.605. The van der Waals surface area contributed by atoms with Gasteiger partial charge in [0.25, 0.3) is 11.8 Å². The minimum absolute atomic E-state index is 0.0182. The topological polar surface area (TPSA) is 84.4 Å². The third-order valence-electron chi connectivity index (χ3n) is 5.79. The van der Waals surface area contributed by atoms with Crippen LogP contribution in [0.3, 0.4) is 0 Å². The number of hydrogen-bond donors (Lipinski definition) is 1. The van der Waals surface area contributed by atoms with Crippen LogP contribution in [0, 0.1) is 26.6 Å². The van der Waals surface area contributed by atoms with Crippen LogP contribution in [0.15, 0.2) is 42.5 Å². The SMILES string of the molecule is CC(=O)N(Cc1ccc(C)cc1C)NC(=O)c1cc(C)nnc1Oc1cccc(C2CC2)c1F. The van der Waals surface area contributed by atoms with Crippen LogP contribution in [0.1, 0.15) is 64.0 Å². The standard InChI is InChI=1S/C26H27FN4O3/c1-15-8-9-20(16(2)12-15)14-31(18(4)32)30-25(33)22-13-17(3)28-29-26(22)34-23-7-5-6-21(24(23)27)19-10-11-19/h5-9,12-13,19H,10-11,14H2,1-4H3,(H,30,33). The van der Waals surface area contributed by atoms with Gasteiger partial charge in [-0.15, -0.1) is 5.10 Å². The average molecular weight is 463 g/mol. The number of carbonyl (C=O) groups is 2. The lowest BCUT2D eigenvalue weighted by atomic mass is 10.1. The highest BCUT2D eigenvalue weighted by Crippen LogP contribution is 2.43. The fraction of sp³-hybridized carbons (Fsp3) is 0.308. The van der Waals surface area contributed by atoms with Crippen molar-refractivity contribution in [1.82, 2.24) is 20.6 Å². The first kappa shape index (κ1) is 23.4. The number of hydrogen-bond acceptors (Lipinski definition) is 5. The Labute approximate surface area is 197 Å². The van der Waals surface area contributed by atoms with Gasteiger partial charge in [0.2, 0.25) is 5.91 Å². The maximum Gasteiger partial charge on any atom is 0.275 e. The van der Waals surface area contributed by atoms with Crippen molar-refractivity contribution in [3.63, 3.8) is 0 Å². The number of aryl methyl sites for hydroxylation is 3. The van der Waals surface area contributed by atoms with E-state index < -0.39 is 11.7 Å². The van der Waals surface area contributed by atoms with Gasteiger partial charge in [0, 0.05) is 6.92 Å². The molecule has 3 aromatic rings. The van der Waals surface area contributed by atoms with Crippen molar-refractivity contribution in [3.8, 4) is 11.6 Å². The number of amides is 2. The number of carbonyl (C=O) groups excluding carboxylic acids is 2. The van der Waals surface area contributed by atoms with Crippen molar-refractivity contribution in [2.75, 3.05) is 0 Å². The molecule has 0 radical (unpaired) electrons. The molecule has 1 aliphatic rings. The summed E-state index contributed by atoms with van der Waals surface area (Å²) in [7, 11) is 0. The van der Waals surface area contributed by atoms with Gasteiger partial charge in [0.15, 0.2) is 11.6 Å². The molecule has 34 heavy (non-hydrogen) atoms. The van der Waals surface area contributed by atoms with Gasteiger partial charge < -0.3 is 4.74 Å². The Morgan fingerprint density at radius 2 is 1.88 bits per heavy atom. The Bertz CT molecular complexity index is 1260. The molecule has 0 bridgehead atoms. The van der Waals surface area contributed by atoms with Crippen LogP contribution in [0.4, 0.5) is 4.39 Å². The van der Waals surface area contributed by atoms with Gasteiger partial charge in [-0.05, 0) is 68.4 Å². The highest BCUT2D eigenvalue weighted by Gasteiger charge is 2.28. The molecular weight excluding hydrogens is 435 g/mol. The summed E-state index contributed by atoms with van der Waals surface area (Å²) in [6, 6.07) is 12.3. The zero-order valence-corrected chi connectivity index (χ0v) is 19.7. The second-order valence-corrected chi connectivity index (χ2v) is 8.72. The fourth-order valence-electron chi connectivity index (χ4n) is 3.74. The van der Waals surface area contributed by atoms with Gasteiger partial charge in [0.05, 0.1) is 12.2 Å². The highest BCUT2D eigenvalue weighted by atomic mass is 19.1. The third kappa shape index (κ3) is 5.22. The largest absolute Gasteiger partial charge is 0.434 e. The van der Waals surface area contributed by atoms with Crippen molar-refractivity contribution < 1.29 is 18.7 Å². The summed E-state index contributed by atoms with van der Waals surface area (Å²) in [4.78, 5) is 25.5. The van der Waals surface area contributed by atoms with E-state index in [0.717, 1.165) is 29.5 Å². The number of benzene rings is 2. The summed E-state index contributed by atoms with van der Waals surface area (Å²) < 4.78 is 20.7.